The van der Waals surface area contributed by atoms with Crippen LogP contribution >= 0.6 is 0 Å². The summed E-state index contributed by atoms with van der Waals surface area (Å²) in [6.45, 7) is 10.5. The zero-order valence-corrected chi connectivity index (χ0v) is 13.5. The van der Waals surface area contributed by atoms with E-state index in [4.69, 9.17) is 0 Å². The van der Waals surface area contributed by atoms with Crippen molar-refractivity contribution in [3.05, 3.63) is 18.0 Å². The van der Waals surface area contributed by atoms with Crippen LogP contribution < -0.4 is 5.32 Å². The van der Waals surface area contributed by atoms with Crippen LogP contribution in [0.3, 0.4) is 0 Å². The molecule has 1 N–H and O–H groups in total. The highest BCUT2D eigenvalue weighted by Crippen LogP contribution is 2.16. The second kappa shape index (κ2) is 7.23. The molecule has 4 heteroatoms. The van der Waals surface area contributed by atoms with Crippen molar-refractivity contribution < 1.29 is 0 Å². The van der Waals surface area contributed by atoms with Gasteiger partial charge in [-0.15, -0.1) is 0 Å². The number of rotatable bonds is 5. The van der Waals surface area contributed by atoms with Gasteiger partial charge >= 0.3 is 0 Å². The van der Waals surface area contributed by atoms with Gasteiger partial charge in [0.1, 0.15) is 0 Å². The fraction of sp³-hybridized carbons (Fsp3) is 0.812. The molecule has 4 nitrogen and oxygen atoms in total. The third-order valence-corrected chi connectivity index (χ3v) is 4.93. The predicted octanol–water partition coefficient (Wildman–Crippen LogP) is 2.06. The van der Waals surface area contributed by atoms with Crippen LogP contribution in [0, 0.1) is 5.92 Å². The second-order valence-electron chi connectivity index (χ2n) is 6.27. The van der Waals surface area contributed by atoms with E-state index >= 15 is 0 Å². The van der Waals surface area contributed by atoms with Crippen LogP contribution in [0.2, 0.25) is 0 Å². The molecule has 20 heavy (non-hydrogen) atoms. The number of aryl methyl sites for hydroxylation is 1. The van der Waals surface area contributed by atoms with Crippen molar-refractivity contribution in [1.29, 1.82) is 0 Å². The van der Waals surface area contributed by atoms with Crippen molar-refractivity contribution in [2.24, 2.45) is 13.0 Å². The summed E-state index contributed by atoms with van der Waals surface area (Å²) < 4.78 is 1.99. The molecule has 1 fully saturated rings. The van der Waals surface area contributed by atoms with Gasteiger partial charge in [-0.05, 0) is 31.9 Å². The molecule has 0 saturated carbocycles. The minimum atomic E-state index is 0.636. The second-order valence-corrected chi connectivity index (χ2v) is 6.27. The summed E-state index contributed by atoms with van der Waals surface area (Å²) in [6, 6.07) is 3.44. The topological polar surface area (TPSA) is 33.1 Å². The molecule has 3 unspecified atom stereocenters. The Hall–Kier alpha value is -0.870. The van der Waals surface area contributed by atoms with Crippen LogP contribution in [-0.4, -0.2) is 46.4 Å². The molecule has 1 aliphatic heterocycles. The van der Waals surface area contributed by atoms with E-state index < -0.39 is 0 Å². The maximum absolute atomic E-state index is 4.26. The Kier molecular flexibility index (Phi) is 5.61. The first-order valence-electron chi connectivity index (χ1n) is 8.06. The lowest BCUT2D eigenvalue weighted by atomic mass is 9.98. The summed E-state index contributed by atoms with van der Waals surface area (Å²) in [5.74, 6) is 0.750. The van der Waals surface area contributed by atoms with Gasteiger partial charge in [-0.1, -0.05) is 20.3 Å². The zero-order valence-electron chi connectivity index (χ0n) is 13.5. The molecule has 0 bridgehead atoms. The number of nitrogens with one attached hydrogen (secondary N) is 1. The van der Waals surface area contributed by atoms with E-state index in [1.165, 1.54) is 25.1 Å². The molecular formula is C16H30N4. The molecule has 0 aromatic carbocycles. The molecule has 0 radical (unpaired) electrons. The Morgan fingerprint density at radius 1 is 1.50 bits per heavy atom. The average Bonchev–Trinajstić information content (AvgIpc) is 2.75. The van der Waals surface area contributed by atoms with E-state index in [-0.39, 0.29) is 0 Å². The van der Waals surface area contributed by atoms with Crippen molar-refractivity contribution in [2.75, 3.05) is 19.6 Å². The molecule has 2 heterocycles. The molecule has 0 spiro atoms. The van der Waals surface area contributed by atoms with Gasteiger partial charge in [-0.25, -0.2) is 0 Å². The van der Waals surface area contributed by atoms with Gasteiger partial charge < -0.3 is 5.32 Å². The van der Waals surface area contributed by atoms with Crippen LogP contribution in [0.4, 0.5) is 0 Å². The maximum Gasteiger partial charge on any atom is 0.0492 e. The van der Waals surface area contributed by atoms with Gasteiger partial charge in [0, 0.05) is 50.5 Å². The third kappa shape index (κ3) is 3.83. The Bertz CT molecular complexity index is 401. The van der Waals surface area contributed by atoms with Crippen LogP contribution in [0.5, 0.6) is 0 Å². The Morgan fingerprint density at radius 2 is 2.30 bits per heavy atom. The number of nitrogens with zero attached hydrogens (tertiary/aromatic N) is 3. The van der Waals surface area contributed by atoms with Crippen LogP contribution in [-0.2, 0) is 13.5 Å². The molecular weight excluding hydrogens is 248 g/mol. The highest BCUT2D eigenvalue weighted by molar-refractivity contribution is 5.00. The lowest BCUT2D eigenvalue weighted by Crippen LogP contribution is -2.44. The molecule has 2 rings (SSSR count). The standard InChI is InChI=1S/C16H30N4/c1-5-13(2)16-12-20(14(3)6-9-17-16)11-8-15-7-10-18-19(15)4/h7,10,13-14,16-17H,5-6,8-9,11-12H2,1-4H3. The van der Waals surface area contributed by atoms with Gasteiger partial charge in [0.05, 0.1) is 0 Å². The molecule has 1 aromatic rings. The zero-order chi connectivity index (χ0) is 14.5. The highest BCUT2D eigenvalue weighted by Gasteiger charge is 2.25. The quantitative estimate of drug-likeness (QED) is 0.895. The van der Waals surface area contributed by atoms with E-state index in [0.717, 1.165) is 25.4 Å². The predicted molar refractivity (Wildman–Crippen MR) is 83.8 cm³/mol. The monoisotopic (exact) mass is 278 g/mol. The molecule has 0 aliphatic carbocycles. The first-order valence-corrected chi connectivity index (χ1v) is 8.06. The smallest absolute Gasteiger partial charge is 0.0492 e. The minimum Gasteiger partial charge on any atom is -0.312 e. The van der Waals surface area contributed by atoms with Crippen molar-refractivity contribution in [2.45, 2.75) is 52.1 Å². The molecule has 1 aromatic heterocycles. The van der Waals surface area contributed by atoms with E-state index in [0.29, 0.717) is 12.1 Å². The van der Waals surface area contributed by atoms with E-state index in [1.54, 1.807) is 0 Å². The Labute approximate surface area is 123 Å². The van der Waals surface area contributed by atoms with Gasteiger partial charge in [-0.3, -0.25) is 9.58 Å². The van der Waals surface area contributed by atoms with Crippen LogP contribution in [0.1, 0.15) is 39.3 Å². The van der Waals surface area contributed by atoms with Crippen molar-refractivity contribution in [1.82, 2.24) is 20.0 Å². The van der Waals surface area contributed by atoms with Crippen LogP contribution in [0.25, 0.3) is 0 Å². The summed E-state index contributed by atoms with van der Waals surface area (Å²) in [6.07, 6.45) is 5.48. The normalized spacial score (nSPS) is 26.4. The number of hydrogen-bond donors (Lipinski definition) is 1. The van der Waals surface area contributed by atoms with Gasteiger partial charge in [-0.2, -0.15) is 5.10 Å². The first kappa shape index (κ1) is 15.5. The van der Waals surface area contributed by atoms with Gasteiger partial charge in [0.15, 0.2) is 0 Å². The molecule has 1 saturated heterocycles. The van der Waals surface area contributed by atoms with Crippen LogP contribution in [0.15, 0.2) is 12.3 Å². The lowest BCUT2D eigenvalue weighted by molar-refractivity contribution is 0.189. The fourth-order valence-corrected chi connectivity index (χ4v) is 3.04. The molecule has 0 amide bonds. The molecule has 3 atom stereocenters. The summed E-state index contributed by atoms with van der Waals surface area (Å²) in [4.78, 5) is 2.66. The Balaban J connectivity index is 1.94. The highest BCUT2D eigenvalue weighted by atomic mass is 15.3. The largest absolute Gasteiger partial charge is 0.312 e. The first-order chi connectivity index (χ1) is 9.61. The van der Waals surface area contributed by atoms with Crippen molar-refractivity contribution in [3.63, 3.8) is 0 Å². The summed E-state index contributed by atoms with van der Waals surface area (Å²) in [5.41, 5.74) is 1.33. The van der Waals surface area contributed by atoms with Crippen molar-refractivity contribution in [3.8, 4) is 0 Å². The fourth-order valence-electron chi connectivity index (χ4n) is 3.04. The third-order valence-electron chi connectivity index (χ3n) is 4.93. The van der Waals surface area contributed by atoms with Gasteiger partial charge in [0.25, 0.3) is 0 Å². The molecule has 1 aliphatic rings. The number of aromatic nitrogens is 2. The van der Waals surface area contributed by atoms with E-state index in [2.05, 4.69) is 42.2 Å². The maximum atomic E-state index is 4.26. The Morgan fingerprint density at radius 3 is 2.95 bits per heavy atom. The summed E-state index contributed by atoms with van der Waals surface area (Å²) in [5, 5.41) is 8.00. The van der Waals surface area contributed by atoms with E-state index in [9.17, 15) is 0 Å². The minimum absolute atomic E-state index is 0.636. The van der Waals surface area contributed by atoms with Crippen molar-refractivity contribution >= 4 is 0 Å². The summed E-state index contributed by atoms with van der Waals surface area (Å²) >= 11 is 0. The van der Waals surface area contributed by atoms with E-state index in [1.807, 2.05) is 17.9 Å². The lowest BCUT2D eigenvalue weighted by Gasteiger charge is -2.31. The summed E-state index contributed by atoms with van der Waals surface area (Å²) in [7, 11) is 2.03. The average molecular weight is 278 g/mol. The van der Waals surface area contributed by atoms with Gasteiger partial charge in [0.2, 0.25) is 0 Å². The molecule has 114 valence electrons. The SMILES string of the molecule is CCC(C)C1CN(CCc2ccnn2C)C(C)CCN1. The number of hydrogen-bond acceptors (Lipinski definition) is 3.